The van der Waals surface area contributed by atoms with Gasteiger partial charge < -0.3 is 10.5 Å². The lowest BCUT2D eigenvalue weighted by Gasteiger charge is -2.06. The van der Waals surface area contributed by atoms with E-state index in [0.29, 0.717) is 13.2 Å². The minimum Gasteiger partial charge on any atom is -0.493 e. The quantitative estimate of drug-likeness (QED) is 0.599. The first-order valence-electron chi connectivity index (χ1n) is 6.06. The highest BCUT2D eigenvalue weighted by Crippen LogP contribution is 2.15. The van der Waals surface area contributed by atoms with Crippen LogP contribution in [0.1, 0.15) is 5.56 Å². The van der Waals surface area contributed by atoms with Gasteiger partial charge in [-0.25, -0.2) is 4.68 Å². The SMILES string of the molecule is Cn1nnnc1SCCOc1ccc(CCN)cc1. The van der Waals surface area contributed by atoms with Crippen molar-refractivity contribution in [3.8, 4) is 5.75 Å². The molecule has 0 radical (unpaired) electrons. The topological polar surface area (TPSA) is 78.8 Å². The Bertz CT molecular complexity index is 499. The minimum atomic E-state index is 0.619. The van der Waals surface area contributed by atoms with Crippen molar-refractivity contribution >= 4 is 11.8 Å². The van der Waals surface area contributed by atoms with Crippen LogP contribution in [0.15, 0.2) is 29.4 Å². The maximum absolute atomic E-state index is 5.65. The first-order valence-corrected chi connectivity index (χ1v) is 7.05. The smallest absolute Gasteiger partial charge is 0.209 e. The zero-order valence-electron chi connectivity index (χ0n) is 10.8. The summed E-state index contributed by atoms with van der Waals surface area (Å²) in [6, 6.07) is 8.03. The molecule has 1 heterocycles. The molecule has 0 spiro atoms. The third-order valence-corrected chi connectivity index (χ3v) is 3.50. The fourth-order valence-electron chi connectivity index (χ4n) is 1.56. The van der Waals surface area contributed by atoms with E-state index in [0.717, 1.165) is 23.1 Å². The lowest BCUT2D eigenvalue weighted by Crippen LogP contribution is -2.03. The predicted octanol–water partition coefficient (Wildman–Crippen LogP) is 0.882. The van der Waals surface area contributed by atoms with Crippen LogP contribution < -0.4 is 10.5 Å². The van der Waals surface area contributed by atoms with Crippen LogP contribution in [-0.2, 0) is 13.5 Å². The van der Waals surface area contributed by atoms with Crippen molar-refractivity contribution in [2.24, 2.45) is 12.8 Å². The number of ether oxygens (including phenoxy) is 1. The van der Waals surface area contributed by atoms with Gasteiger partial charge in [0, 0.05) is 12.8 Å². The monoisotopic (exact) mass is 279 g/mol. The van der Waals surface area contributed by atoms with Gasteiger partial charge in [0.1, 0.15) is 5.75 Å². The van der Waals surface area contributed by atoms with Crippen molar-refractivity contribution < 1.29 is 4.74 Å². The molecule has 0 saturated carbocycles. The number of rotatable bonds is 7. The number of hydrogen-bond acceptors (Lipinski definition) is 6. The normalized spacial score (nSPS) is 10.6. The van der Waals surface area contributed by atoms with E-state index in [4.69, 9.17) is 10.5 Å². The Morgan fingerprint density at radius 1 is 1.32 bits per heavy atom. The molecule has 102 valence electrons. The number of hydrogen-bond donors (Lipinski definition) is 1. The molecule has 0 fully saturated rings. The maximum atomic E-state index is 5.65. The second kappa shape index (κ2) is 7.10. The summed E-state index contributed by atoms with van der Waals surface area (Å²) in [6.07, 6.45) is 0.898. The molecule has 7 heteroatoms. The molecule has 0 aliphatic heterocycles. The van der Waals surface area contributed by atoms with Gasteiger partial charge in [-0.2, -0.15) is 0 Å². The molecule has 0 bridgehead atoms. The fourth-order valence-corrected chi connectivity index (χ4v) is 2.22. The van der Waals surface area contributed by atoms with Gasteiger partial charge >= 0.3 is 0 Å². The second-order valence-corrected chi connectivity index (χ2v) is 5.03. The van der Waals surface area contributed by atoms with E-state index in [1.54, 1.807) is 16.4 Å². The van der Waals surface area contributed by atoms with Crippen molar-refractivity contribution in [1.82, 2.24) is 20.2 Å². The summed E-state index contributed by atoms with van der Waals surface area (Å²) in [5.74, 6) is 1.68. The van der Waals surface area contributed by atoms with Gasteiger partial charge in [-0.05, 0) is 41.1 Å². The Labute approximate surface area is 116 Å². The van der Waals surface area contributed by atoms with Gasteiger partial charge in [-0.3, -0.25) is 0 Å². The average molecular weight is 279 g/mol. The van der Waals surface area contributed by atoms with Crippen LogP contribution in [0.4, 0.5) is 0 Å². The third-order valence-electron chi connectivity index (χ3n) is 2.52. The van der Waals surface area contributed by atoms with Crippen LogP contribution in [0, 0.1) is 0 Å². The van der Waals surface area contributed by atoms with Crippen LogP contribution in [0.25, 0.3) is 0 Å². The van der Waals surface area contributed by atoms with Crippen LogP contribution in [0.2, 0.25) is 0 Å². The van der Waals surface area contributed by atoms with Crippen molar-refractivity contribution in [3.63, 3.8) is 0 Å². The maximum Gasteiger partial charge on any atom is 0.209 e. The minimum absolute atomic E-state index is 0.619. The number of aromatic nitrogens is 4. The number of tetrazole rings is 1. The summed E-state index contributed by atoms with van der Waals surface area (Å²) in [7, 11) is 1.82. The molecule has 2 aromatic rings. The molecule has 0 unspecified atom stereocenters. The lowest BCUT2D eigenvalue weighted by molar-refractivity contribution is 0.343. The van der Waals surface area contributed by atoms with Gasteiger partial charge in [0.15, 0.2) is 0 Å². The summed E-state index contributed by atoms with van der Waals surface area (Å²) in [5, 5.41) is 12.0. The van der Waals surface area contributed by atoms with Crippen molar-refractivity contribution in [2.75, 3.05) is 18.9 Å². The Hall–Kier alpha value is -1.60. The Kier molecular flexibility index (Phi) is 5.17. The number of benzene rings is 1. The van der Waals surface area contributed by atoms with Gasteiger partial charge in [-0.15, -0.1) is 5.10 Å². The summed E-state index contributed by atoms with van der Waals surface area (Å²) < 4.78 is 7.29. The van der Waals surface area contributed by atoms with E-state index in [1.807, 2.05) is 31.3 Å². The number of nitrogens with two attached hydrogens (primary N) is 1. The van der Waals surface area contributed by atoms with Gasteiger partial charge in [0.25, 0.3) is 0 Å². The summed E-state index contributed by atoms with van der Waals surface area (Å²) in [4.78, 5) is 0. The largest absolute Gasteiger partial charge is 0.493 e. The number of nitrogens with zero attached hydrogens (tertiary/aromatic N) is 4. The summed E-state index contributed by atoms with van der Waals surface area (Å²) in [6.45, 7) is 1.29. The first-order chi connectivity index (χ1) is 9.29. The number of thioether (sulfide) groups is 1. The van der Waals surface area contributed by atoms with E-state index >= 15 is 0 Å². The number of aryl methyl sites for hydroxylation is 1. The van der Waals surface area contributed by atoms with Gasteiger partial charge in [0.2, 0.25) is 5.16 Å². The molecule has 0 atom stereocenters. The zero-order valence-corrected chi connectivity index (χ0v) is 11.6. The molecule has 2 N–H and O–H groups in total. The Morgan fingerprint density at radius 3 is 2.74 bits per heavy atom. The van der Waals surface area contributed by atoms with Crippen LogP contribution in [0.3, 0.4) is 0 Å². The molecule has 1 aromatic carbocycles. The summed E-state index contributed by atoms with van der Waals surface area (Å²) >= 11 is 1.57. The molecule has 0 amide bonds. The molecule has 0 aliphatic carbocycles. The highest BCUT2D eigenvalue weighted by molar-refractivity contribution is 7.99. The first kappa shape index (κ1) is 13.8. The lowest BCUT2D eigenvalue weighted by atomic mass is 10.1. The average Bonchev–Trinajstić information content (AvgIpc) is 2.83. The van der Waals surface area contributed by atoms with Crippen LogP contribution in [0.5, 0.6) is 5.75 Å². The summed E-state index contributed by atoms with van der Waals surface area (Å²) in [5.41, 5.74) is 6.73. The van der Waals surface area contributed by atoms with E-state index in [2.05, 4.69) is 15.5 Å². The van der Waals surface area contributed by atoms with E-state index < -0.39 is 0 Å². The molecule has 1 aromatic heterocycles. The molecular weight excluding hydrogens is 262 g/mol. The highest BCUT2D eigenvalue weighted by Gasteiger charge is 2.02. The van der Waals surface area contributed by atoms with Crippen molar-refractivity contribution in [3.05, 3.63) is 29.8 Å². The molecule has 0 aliphatic rings. The zero-order chi connectivity index (χ0) is 13.5. The van der Waals surface area contributed by atoms with E-state index in [-0.39, 0.29) is 0 Å². The van der Waals surface area contributed by atoms with Crippen molar-refractivity contribution in [2.45, 2.75) is 11.6 Å². The standard InChI is InChI=1S/C12H17N5OS/c1-17-12(14-15-16-17)19-9-8-18-11-4-2-10(3-5-11)6-7-13/h2-5H,6-9,13H2,1H3. The van der Waals surface area contributed by atoms with E-state index in [1.165, 1.54) is 5.56 Å². The highest BCUT2D eigenvalue weighted by atomic mass is 32.2. The third kappa shape index (κ3) is 4.22. The predicted molar refractivity (Wildman–Crippen MR) is 74.2 cm³/mol. The van der Waals surface area contributed by atoms with Crippen LogP contribution >= 0.6 is 11.8 Å². The van der Waals surface area contributed by atoms with Gasteiger partial charge in [-0.1, -0.05) is 23.9 Å². The van der Waals surface area contributed by atoms with Gasteiger partial charge in [0.05, 0.1) is 6.61 Å². The molecule has 2 rings (SSSR count). The van der Waals surface area contributed by atoms with Crippen molar-refractivity contribution in [1.29, 1.82) is 0 Å². The molecular formula is C12H17N5OS. The Balaban J connectivity index is 1.72. The fraction of sp³-hybridized carbons (Fsp3) is 0.417. The Morgan fingerprint density at radius 2 is 2.11 bits per heavy atom. The second-order valence-electron chi connectivity index (χ2n) is 3.96. The molecule has 0 saturated heterocycles. The van der Waals surface area contributed by atoms with E-state index in [9.17, 15) is 0 Å². The molecule has 6 nitrogen and oxygen atoms in total. The van der Waals surface area contributed by atoms with Crippen LogP contribution in [-0.4, -0.2) is 39.1 Å². The molecule has 19 heavy (non-hydrogen) atoms.